The van der Waals surface area contributed by atoms with Gasteiger partial charge in [-0.25, -0.2) is 0 Å². The Hall–Kier alpha value is -1.13. The van der Waals surface area contributed by atoms with Crippen LogP contribution in [0.4, 0.5) is 74.6 Å². The van der Waals surface area contributed by atoms with Crippen LogP contribution in [-0.2, 0) is 13.3 Å². The van der Waals surface area contributed by atoms with Crippen LogP contribution in [0.25, 0.3) is 0 Å². The highest BCUT2D eigenvalue weighted by Crippen LogP contribution is 2.63. The molecule has 0 aromatic carbocycles. The molecule has 38 heavy (non-hydrogen) atoms. The van der Waals surface area contributed by atoms with Gasteiger partial charge in [0.05, 0.1) is 0 Å². The van der Waals surface area contributed by atoms with Crippen molar-refractivity contribution >= 4 is 8.80 Å². The number of hydrogen-bond acceptors (Lipinski definition) is 4. The first-order chi connectivity index (χ1) is 16.4. The molecule has 1 N–H and O–H groups in total. The van der Waals surface area contributed by atoms with Gasteiger partial charge in [-0.1, -0.05) is 0 Å². The molecule has 0 fully saturated rings. The van der Waals surface area contributed by atoms with E-state index in [0.717, 1.165) is 0 Å². The van der Waals surface area contributed by atoms with Gasteiger partial charge in [-0.05, 0) is 13.8 Å². The number of halogens is 17. The van der Waals surface area contributed by atoms with Crippen molar-refractivity contribution in [2.75, 3.05) is 21.3 Å². The van der Waals surface area contributed by atoms with Crippen LogP contribution < -0.4 is 0 Å². The van der Waals surface area contributed by atoms with Crippen molar-refractivity contribution in [2.24, 2.45) is 0 Å². The van der Waals surface area contributed by atoms with E-state index in [4.69, 9.17) is 5.11 Å². The summed E-state index contributed by atoms with van der Waals surface area (Å²) in [5.41, 5.74) is -6.80. The molecule has 0 radical (unpaired) electrons. The van der Waals surface area contributed by atoms with Crippen molar-refractivity contribution in [3.05, 3.63) is 0 Å². The van der Waals surface area contributed by atoms with Gasteiger partial charge in [0.1, 0.15) is 0 Å². The summed E-state index contributed by atoms with van der Waals surface area (Å²) in [6, 6.07) is 0. The van der Waals surface area contributed by atoms with Gasteiger partial charge < -0.3 is 18.4 Å². The number of rotatable bonds is 12. The Morgan fingerprint density at radius 2 is 0.789 bits per heavy atom. The summed E-state index contributed by atoms with van der Waals surface area (Å²) in [4.78, 5) is 0. The van der Waals surface area contributed by atoms with Crippen LogP contribution in [0, 0.1) is 0 Å². The van der Waals surface area contributed by atoms with E-state index in [-0.39, 0.29) is 27.4 Å². The van der Waals surface area contributed by atoms with Crippen molar-refractivity contribution < 1.29 is 93.0 Å². The third kappa shape index (κ3) is 6.60. The van der Waals surface area contributed by atoms with Crippen LogP contribution in [0.15, 0.2) is 0 Å². The third-order valence-corrected chi connectivity index (χ3v) is 7.04. The second-order valence-corrected chi connectivity index (χ2v) is 10.5. The predicted octanol–water partition coefficient (Wildman–Crippen LogP) is 6.58. The SMILES string of the molecule is CC(C)O.CO[Si](OC)(OC)C(F)(F)C(F)(F)C(F)(F)C(F)(F)C(F)(F)C(F)(F)C(F)(F)CCC(F)(F)F. The van der Waals surface area contributed by atoms with Gasteiger partial charge in [0, 0.05) is 40.3 Å². The first-order valence-electron chi connectivity index (χ1n) is 9.42. The van der Waals surface area contributed by atoms with Crippen molar-refractivity contribution in [1.82, 2.24) is 0 Å². The Labute approximate surface area is 204 Å². The van der Waals surface area contributed by atoms with E-state index in [2.05, 4.69) is 13.3 Å². The summed E-state index contributed by atoms with van der Waals surface area (Å²) in [5.74, 6) is -47.6. The number of aliphatic hydroxyl groups is 1. The van der Waals surface area contributed by atoms with E-state index in [1.165, 1.54) is 0 Å². The van der Waals surface area contributed by atoms with Gasteiger partial charge in [-0.15, -0.1) is 0 Å². The van der Waals surface area contributed by atoms with E-state index in [0.29, 0.717) is 0 Å². The monoisotopic (exact) mass is 628 g/mol. The molecule has 0 atom stereocenters. The Bertz CT molecular complexity index is 740. The molecule has 0 aliphatic rings. The Kier molecular flexibility index (Phi) is 12.1. The summed E-state index contributed by atoms with van der Waals surface area (Å²) in [7, 11) is -6.45. The first-order valence-corrected chi connectivity index (χ1v) is 11.1. The van der Waals surface area contributed by atoms with Gasteiger partial charge in [0.15, 0.2) is 0 Å². The Morgan fingerprint density at radius 3 is 1.05 bits per heavy atom. The van der Waals surface area contributed by atoms with Crippen LogP contribution >= 0.6 is 0 Å². The normalized spacial score (nSPS) is 15.5. The molecule has 0 saturated heterocycles. The first kappa shape index (κ1) is 39.0. The summed E-state index contributed by atoms with van der Waals surface area (Å²) < 4.78 is 239. The fraction of sp³-hybridized carbons (Fsp3) is 1.00. The van der Waals surface area contributed by atoms with E-state index in [1.807, 2.05) is 0 Å². The fourth-order valence-corrected chi connectivity index (χ4v) is 4.11. The lowest BCUT2D eigenvalue weighted by Gasteiger charge is -2.44. The van der Waals surface area contributed by atoms with Crippen LogP contribution in [0.2, 0.25) is 0 Å². The van der Waals surface area contributed by atoms with E-state index >= 15 is 0 Å². The smallest absolute Gasteiger partial charge is 0.394 e. The quantitative estimate of drug-likeness (QED) is 0.196. The zero-order chi connectivity index (χ0) is 31.6. The van der Waals surface area contributed by atoms with Gasteiger partial charge in [0.25, 0.3) is 0 Å². The van der Waals surface area contributed by atoms with E-state index in [1.54, 1.807) is 13.8 Å². The fourth-order valence-electron chi connectivity index (χ4n) is 2.30. The Morgan fingerprint density at radius 1 is 0.526 bits per heavy atom. The average Bonchev–Trinajstić information content (AvgIpc) is 2.72. The summed E-state index contributed by atoms with van der Waals surface area (Å²) in [5, 5.41) is 8.06. The highest BCUT2D eigenvalue weighted by Gasteiger charge is 2.95. The maximum atomic E-state index is 14.1. The van der Waals surface area contributed by atoms with Gasteiger partial charge in [-0.3, -0.25) is 0 Å². The van der Waals surface area contributed by atoms with E-state index in [9.17, 15) is 74.6 Å². The van der Waals surface area contributed by atoms with Crippen LogP contribution in [-0.4, -0.2) is 88.6 Å². The molecular weight excluding hydrogens is 607 g/mol. The number of hydrogen-bond donors (Lipinski definition) is 1. The standard InChI is InChI=1S/C13H13F17O3Si.C3H8O/c1-31-34(32-2,33-3)13(29,30)12(27,28)11(25,26)10(23,24)9(21,22)8(19,20)6(14,15)4-5-7(16,17)18;1-3(2)4/h4-5H2,1-3H3;3-4H,1-2H3. The molecule has 0 aliphatic carbocycles. The van der Waals surface area contributed by atoms with Gasteiger partial charge in [0.2, 0.25) is 0 Å². The van der Waals surface area contributed by atoms with Crippen molar-refractivity contribution in [3.8, 4) is 0 Å². The van der Waals surface area contributed by atoms with Crippen LogP contribution in [0.5, 0.6) is 0 Å². The molecule has 0 unspecified atom stereocenters. The molecule has 22 heteroatoms. The topological polar surface area (TPSA) is 47.9 Å². The minimum atomic E-state index is -8.44. The molecule has 232 valence electrons. The molecule has 0 saturated carbocycles. The van der Waals surface area contributed by atoms with E-state index < -0.39 is 68.9 Å². The van der Waals surface area contributed by atoms with Crippen LogP contribution in [0.3, 0.4) is 0 Å². The lowest BCUT2D eigenvalue weighted by molar-refractivity contribution is -0.438. The van der Waals surface area contributed by atoms with Gasteiger partial charge >= 0.3 is 56.1 Å². The van der Waals surface area contributed by atoms with Gasteiger partial charge in [-0.2, -0.15) is 74.6 Å². The molecule has 0 heterocycles. The third-order valence-electron chi connectivity index (χ3n) is 4.34. The summed E-state index contributed by atoms with van der Waals surface area (Å²) >= 11 is 0. The Balaban J connectivity index is 0. The van der Waals surface area contributed by atoms with Crippen molar-refractivity contribution in [1.29, 1.82) is 0 Å². The second kappa shape index (κ2) is 11.8. The average molecular weight is 628 g/mol. The molecule has 0 spiro atoms. The largest absolute Gasteiger partial charge is 0.581 e. The molecule has 0 aliphatic heterocycles. The van der Waals surface area contributed by atoms with Crippen molar-refractivity contribution in [2.45, 2.75) is 80.1 Å². The zero-order valence-electron chi connectivity index (χ0n) is 19.6. The highest BCUT2D eigenvalue weighted by atomic mass is 28.4. The molecule has 4 nitrogen and oxygen atoms in total. The zero-order valence-corrected chi connectivity index (χ0v) is 20.6. The molecule has 0 aromatic heterocycles. The molecule has 0 amide bonds. The molecular formula is C16H21F17O4Si. The highest BCUT2D eigenvalue weighted by molar-refractivity contribution is 6.63. The summed E-state index contributed by atoms with van der Waals surface area (Å²) in [6.45, 7) is 3.44. The number of alkyl halides is 17. The molecule has 0 aromatic rings. The maximum Gasteiger partial charge on any atom is 0.581 e. The maximum absolute atomic E-state index is 14.1. The second-order valence-electron chi connectivity index (χ2n) is 7.53. The van der Waals surface area contributed by atoms with Crippen molar-refractivity contribution in [3.63, 3.8) is 0 Å². The minimum absolute atomic E-state index is 0.0312. The molecule has 0 rings (SSSR count). The lowest BCUT2D eigenvalue weighted by atomic mass is 9.90. The van der Waals surface area contributed by atoms with Crippen LogP contribution in [0.1, 0.15) is 26.7 Å². The number of aliphatic hydroxyl groups excluding tert-OH is 1. The minimum Gasteiger partial charge on any atom is -0.394 e. The summed E-state index contributed by atoms with van der Waals surface area (Å²) in [6.07, 6.45) is -12.4. The predicted molar refractivity (Wildman–Crippen MR) is 94.1 cm³/mol. The molecule has 0 bridgehead atoms. The lowest BCUT2D eigenvalue weighted by Crippen LogP contribution is -2.77.